The van der Waals surface area contributed by atoms with Gasteiger partial charge in [0.05, 0.1) is 31.7 Å². The summed E-state index contributed by atoms with van der Waals surface area (Å²) in [6.07, 6.45) is 2.08. The fraction of sp³-hybridized carbons (Fsp3) is 0.286. The van der Waals surface area contributed by atoms with E-state index in [-0.39, 0.29) is 0 Å². The van der Waals surface area contributed by atoms with Gasteiger partial charge in [-0.3, -0.25) is 0 Å². The summed E-state index contributed by atoms with van der Waals surface area (Å²) in [5.41, 5.74) is 3.45. The zero-order valence-electron chi connectivity index (χ0n) is 14.9. The van der Waals surface area contributed by atoms with Gasteiger partial charge in [-0.15, -0.1) is 11.8 Å². The molecule has 1 N–H and O–H groups in total. The Morgan fingerprint density at radius 2 is 1.85 bits per heavy atom. The summed E-state index contributed by atoms with van der Waals surface area (Å²) in [4.78, 5) is 9.90. The van der Waals surface area contributed by atoms with E-state index in [4.69, 9.17) is 11.6 Å². The molecule has 1 aromatic heterocycles. The number of hydrogen-bond acceptors (Lipinski definition) is 3. The van der Waals surface area contributed by atoms with Crippen LogP contribution in [0.5, 0.6) is 0 Å². The SMILES string of the molecule is CSc1ccc2cc(C[NH+]3CCN(c4ccccc4)CC3)c(Cl)nc2c1. The number of anilines is 1. The maximum Gasteiger partial charge on any atom is 0.138 e. The van der Waals surface area contributed by atoms with E-state index in [9.17, 15) is 0 Å². The molecule has 1 aliphatic rings. The fourth-order valence-electron chi connectivity index (χ4n) is 3.58. The van der Waals surface area contributed by atoms with Gasteiger partial charge in [-0.25, -0.2) is 4.98 Å². The molecule has 0 atom stereocenters. The molecule has 0 radical (unpaired) electrons. The second-order valence-electron chi connectivity index (χ2n) is 6.75. The van der Waals surface area contributed by atoms with Crippen LogP contribution in [0, 0.1) is 0 Å². The molecule has 1 saturated heterocycles. The average molecular weight is 385 g/mol. The molecule has 0 aliphatic carbocycles. The van der Waals surface area contributed by atoms with Crippen molar-refractivity contribution in [2.75, 3.05) is 37.3 Å². The van der Waals surface area contributed by atoms with Gasteiger partial charge in [0, 0.05) is 21.5 Å². The van der Waals surface area contributed by atoms with Crippen molar-refractivity contribution in [2.45, 2.75) is 11.4 Å². The lowest BCUT2D eigenvalue weighted by atomic mass is 10.1. The minimum Gasteiger partial charge on any atom is -0.360 e. The summed E-state index contributed by atoms with van der Waals surface area (Å²) in [5.74, 6) is 0. The number of quaternary nitrogens is 1. The molecule has 0 bridgehead atoms. The van der Waals surface area contributed by atoms with Gasteiger partial charge in [-0.1, -0.05) is 35.9 Å². The van der Waals surface area contributed by atoms with Crippen molar-refractivity contribution < 1.29 is 4.90 Å². The van der Waals surface area contributed by atoms with Crippen LogP contribution in [0.3, 0.4) is 0 Å². The molecule has 0 unspecified atom stereocenters. The number of nitrogens with one attached hydrogen (secondary N) is 1. The Morgan fingerprint density at radius 1 is 1.08 bits per heavy atom. The van der Waals surface area contributed by atoms with Crippen molar-refractivity contribution in [1.29, 1.82) is 0 Å². The number of halogens is 1. The van der Waals surface area contributed by atoms with Gasteiger partial charge < -0.3 is 9.80 Å². The van der Waals surface area contributed by atoms with E-state index in [1.807, 2.05) is 0 Å². The van der Waals surface area contributed by atoms with Crippen LogP contribution in [0.1, 0.15) is 5.56 Å². The van der Waals surface area contributed by atoms with Gasteiger partial charge in [-0.05, 0) is 36.6 Å². The standard InChI is InChI=1S/C21H22ClN3S/c1-26-19-8-7-16-13-17(21(22)23-20(16)14-19)15-24-9-11-25(12-10-24)18-5-3-2-4-6-18/h2-8,13-14H,9-12,15H2,1H3/p+1. The number of fused-ring (bicyclic) bond motifs is 1. The van der Waals surface area contributed by atoms with E-state index >= 15 is 0 Å². The number of pyridine rings is 1. The third-order valence-electron chi connectivity index (χ3n) is 5.08. The summed E-state index contributed by atoms with van der Waals surface area (Å²) >= 11 is 8.23. The molecule has 3 nitrogen and oxygen atoms in total. The maximum absolute atomic E-state index is 6.50. The summed E-state index contributed by atoms with van der Waals surface area (Å²) in [5, 5.41) is 1.82. The van der Waals surface area contributed by atoms with Crippen molar-refractivity contribution in [2.24, 2.45) is 0 Å². The highest BCUT2D eigenvalue weighted by atomic mass is 35.5. The summed E-state index contributed by atoms with van der Waals surface area (Å²) in [6, 6.07) is 19.3. The van der Waals surface area contributed by atoms with Gasteiger partial charge in [-0.2, -0.15) is 0 Å². The van der Waals surface area contributed by atoms with E-state index < -0.39 is 0 Å². The van der Waals surface area contributed by atoms with E-state index in [1.165, 1.54) is 16.0 Å². The molecular weight excluding hydrogens is 362 g/mol. The number of hydrogen-bond donors (Lipinski definition) is 1. The van der Waals surface area contributed by atoms with E-state index in [2.05, 4.69) is 70.7 Å². The molecule has 3 aromatic rings. The highest BCUT2D eigenvalue weighted by molar-refractivity contribution is 7.98. The molecule has 2 aromatic carbocycles. The molecule has 0 amide bonds. The number of thioether (sulfide) groups is 1. The Morgan fingerprint density at radius 3 is 2.58 bits per heavy atom. The number of benzene rings is 2. The van der Waals surface area contributed by atoms with Crippen molar-refractivity contribution >= 4 is 40.0 Å². The maximum atomic E-state index is 6.50. The minimum absolute atomic E-state index is 0.647. The third kappa shape index (κ3) is 3.83. The molecule has 1 aliphatic heterocycles. The Balaban J connectivity index is 1.45. The molecule has 134 valence electrons. The quantitative estimate of drug-likeness (QED) is 0.549. The second kappa shape index (κ2) is 7.87. The first-order valence-corrected chi connectivity index (χ1v) is 10.6. The largest absolute Gasteiger partial charge is 0.360 e. The van der Waals surface area contributed by atoms with Crippen LogP contribution >= 0.6 is 23.4 Å². The first-order chi connectivity index (χ1) is 12.7. The van der Waals surface area contributed by atoms with Crippen LogP contribution < -0.4 is 9.80 Å². The summed E-state index contributed by atoms with van der Waals surface area (Å²) < 4.78 is 0. The molecule has 1 fully saturated rings. The van der Waals surface area contributed by atoms with Crippen molar-refractivity contribution in [3.8, 4) is 0 Å². The topological polar surface area (TPSA) is 20.6 Å². The lowest BCUT2D eigenvalue weighted by molar-refractivity contribution is -0.914. The number of nitrogens with zero attached hydrogens (tertiary/aromatic N) is 2. The fourth-order valence-corrected chi connectivity index (χ4v) is 4.23. The summed E-state index contributed by atoms with van der Waals surface area (Å²) in [7, 11) is 0. The molecule has 5 heteroatoms. The first kappa shape index (κ1) is 17.7. The molecule has 26 heavy (non-hydrogen) atoms. The zero-order valence-corrected chi connectivity index (χ0v) is 16.5. The highest BCUT2D eigenvalue weighted by Crippen LogP contribution is 2.24. The van der Waals surface area contributed by atoms with E-state index in [0.717, 1.165) is 43.8 Å². The smallest absolute Gasteiger partial charge is 0.138 e. The van der Waals surface area contributed by atoms with Gasteiger partial charge in [0.2, 0.25) is 0 Å². The van der Waals surface area contributed by atoms with Crippen LogP contribution in [0.15, 0.2) is 59.5 Å². The first-order valence-electron chi connectivity index (χ1n) is 8.99. The average Bonchev–Trinajstić information content (AvgIpc) is 2.69. The van der Waals surface area contributed by atoms with Crippen LogP contribution in [-0.2, 0) is 6.54 Å². The van der Waals surface area contributed by atoms with Crippen LogP contribution in [0.4, 0.5) is 5.69 Å². The number of rotatable bonds is 4. The third-order valence-corrected chi connectivity index (χ3v) is 6.14. The molecular formula is C21H23ClN3S+. The predicted molar refractivity (Wildman–Crippen MR) is 112 cm³/mol. The molecule has 0 saturated carbocycles. The van der Waals surface area contributed by atoms with Gasteiger partial charge >= 0.3 is 0 Å². The van der Waals surface area contributed by atoms with E-state index in [0.29, 0.717) is 5.15 Å². The number of piperazine rings is 1. The normalized spacial score (nSPS) is 15.5. The van der Waals surface area contributed by atoms with Gasteiger partial charge in [0.25, 0.3) is 0 Å². The van der Waals surface area contributed by atoms with Crippen molar-refractivity contribution in [3.05, 3.63) is 65.3 Å². The van der Waals surface area contributed by atoms with Crippen LogP contribution in [-0.4, -0.2) is 37.4 Å². The zero-order chi connectivity index (χ0) is 17.9. The minimum atomic E-state index is 0.647. The highest BCUT2D eigenvalue weighted by Gasteiger charge is 2.21. The molecule has 0 spiro atoms. The van der Waals surface area contributed by atoms with Crippen LogP contribution in [0.25, 0.3) is 10.9 Å². The summed E-state index contributed by atoms with van der Waals surface area (Å²) in [6.45, 7) is 5.34. The molecule has 2 heterocycles. The second-order valence-corrected chi connectivity index (χ2v) is 7.98. The number of aromatic nitrogens is 1. The lowest BCUT2D eigenvalue weighted by Gasteiger charge is -2.33. The Kier molecular flexibility index (Phi) is 5.34. The van der Waals surface area contributed by atoms with Gasteiger partial charge in [0.15, 0.2) is 0 Å². The Labute approximate surface area is 164 Å². The Bertz CT molecular complexity index is 892. The predicted octanol–water partition coefficient (Wildman–Crippen LogP) is 3.52. The Hall–Kier alpha value is -1.75. The van der Waals surface area contributed by atoms with Crippen molar-refractivity contribution in [3.63, 3.8) is 0 Å². The number of para-hydroxylation sites is 1. The lowest BCUT2D eigenvalue weighted by Crippen LogP contribution is -3.13. The van der Waals surface area contributed by atoms with Gasteiger partial charge in [0.1, 0.15) is 11.7 Å². The monoisotopic (exact) mass is 384 g/mol. The van der Waals surface area contributed by atoms with E-state index in [1.54, 1.807) is 16.7 Å². The molecule has 4 rings (SSSR count). The van der Waals surface area contributed by atoms with Crippen LogP contribution in [0.2, 0.25) is 5.15 Å². The van der Waals surface area contributed by atoms with Crippen molar-refractivity contribution in [1.82, 2.24) is 4.98 Å².